The maximum absolute atomic E-state index is 5.47. The summed E-state index contributed by atoms with van der Waals surface area (Å²) in [4.78, 5) is 11.4. The van der Waals surface area contributed by atoms with E-state index in [-0.39, 0.29) is 0 Å². The first-order valence-corrected chi connectivity index (χ1v) is 7.92. The Morgan fingerprint density at radius 1 is 1.45 bits per heavy atom. The number of hydrogen-bond acceptors (Lipinski definition) is 6. The molecule has 2 aromatic rings. The molecule has 1 saturated carbocycles. The molecule has 0 aromatic carbocycles. The molecule has 0 saturated heterocycles. The molecular formula is C14H18N4OS. The van der Waals surface area contributed by atoms with Gasteiger partial charge in [-0.15, -0.1) is 0 Å². The van der Waals surface area contributed by atoms with Crippen LogP contribution in [0.3, 0.4) is 0 Å². The van der Waals surface area contributed by atoms with Gasteiger partial charge in [0, 0.05) is 19.2 Å². The highest BCUT2D eigenvalue weighted by atomic mass is 32.2. The average Bonchev–Trinajstić information content (AvgIpc) is 3.20. The summed E-state index contributed by atoms with van der Waals surface area (Å²) in [6.45, 7) is 0.756. The van der Waals surface area contributed by atoms with E-state index in [0.717, 1.165) is 29.1 Å². The Kier molecular flexibility index (Phi) is 3.82. The summed E-state index contributed by atoms with van der Waals surface area (Å²) in [6.07, 6.45) is 6.14. The van der Waals surface area contributed by atoms with Crippen molar-refractivity contribution in [3.8, 4) is 0 Å². The largest absolute Gasteiger partial charge is 0.467 e. The van der Waals surface area contributed by atoms with Crippen LogP contribution in [0.2, 0.25) is 0 Å². The minimum atomic E-state index is 0.564. The predicted molar refractivity (Wildman–Crippen MR) is 81.3 cm³/mol. The first-order chi connectivity index (χ1) is 9.80. The number of hydrogen-bond donors (Lipinski definition) is 1. The maximum atomic E-state index is 5.47. The minimum absolute atomic E-state index is 0.564. The first kappa shape index (κ1) is 13.3. The lowest BCUT2D eigenvalue weighted by Gasteiger charge is -2.23. The number of thioether (sulfide) groups is 1. The molecule has 5 nitrogen and oxygen atoms in total. The minimum Gasteiger partial charge on any atom is -0.467 e. The van der Waals surface area contributed by atoms with Crippen molar-refractivity contribution in [3.05, 3.63) is 30.2 Å². The lowest BCUT2D eigenvalue weighted by atomic mass is 10.3. The van der Waals surface area contributed by atoms with Gasteiger partial charge in [0.1, 0.15) is 17.4 Å². The quantitative estimate of drug-likeness (QED) is 0.652. The summed E-state index contributed by atoms with van der Waals surface area (Å²) in [7, 11) is 1.88. The summed E-state index contributed by atoms with van der Waals surface area (Å²) in [5.74, 6) is 2.78. The van der Waals surface area contributed by atoms with E-state index in [1.165, 1.54) is 12.8 Å². The van der Waals surface area contributed by atoms with Crippen LogP contribution in [0.5, 0.6) is 0 Å². The van der Waals surface area contributed by atoms with Crippen LogP contribution in [-0.2, 0) is 6.54 Å². The van der Waals surface area contributed by atoms with Gasteiger partial charge in [0.05, 0.1) is 12.8 Å². The predicted octanol–water partition coefficient (Wildman–Crippen LogP) is 3.00. The van der Waals surface area contributed by atoms with E-state index in [1.807, 2.05) is 31.5 Å². The topological polar surface area (TPSA) is 54.2 Å². The van der Waals surface area contributed by atoms with Crippen LogP contribution >= 0.6 is 11.8 Å². The molecule has 0 unspecified atom stereocenters. The molecule has 2 heterocycles. The van der Waals surface area contributed by atoms with Crippen LogP contribution in [0, 0.1) is 0 Å². The van der Waals surface area contributed by atoms with E-state index in [1.54, 1.807) is 18.0 Å². The number of rotatable bonds is 6. The Hall–Kier alpha value is -1.69. The van der Waals surface area contributed by atoms with E-state index >= 15 is 0 Å². The van der Waals surface area contributed by atoms with Crippen molar-refractivity contribution in [2.45, 2.75) is 30.6 Å². The molecule has 0 bridgehead atoms. The first-order valence-electron chi connectivity index (χ1n) is 6.70. The van der Waals surface area contributed by atoms with Crippen molar-refractivity contribution >= 4 is 23.4 Å². The Morgan fingerprint density at radius 3 is 2.90 bits per heavy atom. The summed E-state index contributed by atoms with van der Waals surface area (Å²) in [5.41, 5.74) is 0. The van der Waals surface area contributed by atoms with Gasteiger partial charge in [-0.1, -0.05) is 11.8 Å². The highest BCUT2D eigenvalue weighted by Gasteiger charge is 2.31. The Morgan fingerprint density at radius 2 is 2.30 bits per heavy atom. The zero-order valence-electron chi connectivity index (χ0n) is 11.7. The number of nitrogens with one attached hydrogen (secondary N) is 1. The molecule has 0 radical (unpaired) electrons. The summed E-state index contributed by atoms with van der Waals surface area (Å²) >= 11 is 1.56. The Labute approximate surface area is 122 Å². The molecule has 6 heteroatoms. The van der Waals surface area contributed by atoms with Crippen molar-refractivity contribution in [1.29, 1.82) is 0 Å². The zero-order valence-corrected chi connectivity index (χ0v) is 12.5. The van der Waals surface area contributed by atoms with Crippen molar-refractivity contribution in [2.75, 3.05) is 23.5 Å². The number of aromatic nitrogens is 2. The van der Waals surface area contributed by atoms with E-state index in [9.17, 15) is 0 Å². The average molecular weight is 290 g/mol. The number of nitrogens with zero attached hydrogens (tertiary/aromatic N) is 3. The highest BCUT2D eigenvalue weighted by Crippen LogP contribution is 2.33. The van der Waals surface area contributed by atoms with Gasteiger partial charge in [0.15, 0.2) is 5.16 Å². The molecule has 20 heavy (non-hydrogen) atoms. The Bertz CT molecular complexity index is 546. The van der Waals surface area contributed by atoms with Gasteiger partial charge in [0.2, 0.25) is 0 Å². The van der Waals surface area contributed by atoms with E-state index in [0.29, 0.717) is 6.04 Å². The third kappa shape index (κ3) is 2.90. The molecule has 1 aliphatic carbocycles. The van der Waals surface area contributed by atoms with Gasteiger partial charge >= 0.3 is 0 Å². The van der Waals surface area contributed by atoms with Gasteiger partial charge in [0.25, 0.3) is 0 Å². The number of anilines is 2. The molecule has 0 amide bonds. The molecule has 2 aromatic heterocycles. The van der Waals surface area contributed by atoms with Crippen molar-refractivity contribution in [1.82, 2.24) is 9.97 Å². The second-order valence-corrected chi connectivity index (χ2v) is 5.56. The fourth-order valence-electron chi connectivity index (χ4n) is 2.13. The monoisotopic (exact) mass is 290 g/mol. The van der Waals surface area contributed by atoms with Crippen LogP contribution in [0.25, 0.3) is 0 Å². The molecule has 1 aliphatic rings. The normalized spacial score (nSPS) is 14.3. The van der Waals surface area contributed by atoms with Gasteiger partial charge in [-0.25, -0.2) is 9.97 Å². The van der Waals surface area contributed by atoms with Crippen LogP contribution in [0.4, 0.5) is 11.6 Å². The third-order valence-corrected chi connectivity index (χ3v) is 3.87. The van der Waals surface area contributed by atoms with Crippen molar-refractivity contribution in [2.24, 2.45) is 0 Å². The van der Waals surface area contributed by atoms with E-state index in [4.69, 9.17) is 4.42 Å². The van der Waals surface area contributed by atoms with Crippen LogP contribution in [0.15, 0.2) is 34.0 Å². The standard InChI is InChI=1S/C14H18N4OS/c1-15-12-8-13(17-14(16-12)20-2)18(10-5-6-10)9-11-4-3-7-19-11/h3-4,7-8,10H,5-6,9H2,1-2H3,(H,15,16,17). The fraction of sp³-hybridized carbons (Fsp3) is 0.429. The molecule has 3 rings (SSSR count). The second kappa shape index (κ2) is 5.75. The van der Waals surface area contributed by atoms with Crippen LogP contribution in [-0.4, -0.2) is 29.3 Å². The lowest BCUT2D eigenvalue weighted by molar-refractivity contribution is 0.500. The van der Waals surface area contributed by atoms with Gasteiger partial charge < -0.3 is 14.6 Å². The molecule has 1 fully saturated rings. The summed E-state index contributed by atoms with van der Waals surface area (Å²) < 4.78 is 5.47. The third-order valence-electron chi connectivity index (χ3n) is 3.32. The second-order valence-electron chi connectivity index (χ2n) is 4.79. The smallest absolute Gasteiger partial charge is 0.191 e. The molecule has 0 atom stereocenters. The van der Waals surface area contributed by atoms with Crippen molar-refractivity contribution < 1.29 is 4.42 Å². The highest BCUT2D eigenvalue weighted by molar-refractivity contribution is 7.98. The van der Waals surface area contributed by atoms with Gasteiger partial charge in [-0.3, -0.25) is 0 Å². The van der Waals surface area contributed by atoms with E-state index in [2.05, 4.69) is 20.2 Å². The summed E-state index contributed by atoms with van der Waals surface area (Å²) in [5, 5.41) is 3.89. The fourth-order valence-corrected chi connectivity index (χ4v) is 2.51. The van der Waals surface area contributed by atoms with Crippen LogP contribution < -0.4 is 10.2 Å². The SMILES string of the molecule is CNc1cc(N(Cc2ccco2)C2CC2)nc(SC)n1. The number of furan rings is 1. The molecular weight excluding hydrogens is 272 g/mol. The molecule has 1 N–H and O–H groups in total. The van der Waals surface area contributed by atoms with Crippen LogP contribution in [0.1, 0.15) is 18.6 Å². The van der Waals surface area contributed by atoms with Crippen molar-refractivity contribution in [3.63, 3.8) is 0 Å². The molecule has 0 aliphatic heterocycles. The lowest BCUT2D eigenvalue weighted by Crippen LogP contribution is -2.26. The zero-order chi connectivity index (χ0) is 13.9. The van der Waals surface area contributed by atoms with Gasteiger partial charge in [-0.2, -0.15) is 0 Å². The van der Waals surface area contributed by atoms with Gasteiger partial charge in [-0.05, 0) is 31.2 Å². The van der Waals surface area contributed by atoms with E-state index < -0.39 is 0 Å². The summed E-state index contributed by atoms with van der Waals surface area (Å²) in [6, 6.07) is 6.49. The maximum Gasteiger partial charge on any atom is 0.191 e. The Balaban J connectivity index is 1.90. The molecule has 0 spiro atoms. The molecule has 106 valence electrons.